The Kier molecular flexibility index (Phi) is 6.72. The Bertz CT molecular complexity index is 1510. The summed E-state index contributed by atoms with van der Waals surface area (Å²) in [6, 6.07) is 6.88. The lowest BCUT2D eigenvalue weighted by molar-refractivity contribution is 0.0203. The van der Waals surface area contributed by atoms with Crippen molar-refractivity contribution in [1.82, 2.24) is 29.6 Å². The number of ether oxygens (including phenoxy) is 1. The Hall–Kier alpha value is -3.37. The average Bonchev–Trinajstić information content (AvgIpc) is 3.47. The zero-order valence-corrected chi connectivity index (χ0v) is 22.1. The molecule has 3 aromatic heterocycles. The molecule has 0 radical (unpaired) electrons. The van der Waals surface area contributed by atoms with E-state index in [9.17, 15) is 9.59 Å². The first-order valence-electron chi connectivity index (χ1n) is 11.9. The molecule has 0 unspecified atom stereocenters. The largest absolute Gasteiger partial charge is 0.444 e. The predicted octanol–water partition coefficient (Wildman–Crippen LogP) is 5.08. The van der Waals surface area contributed by atoms with Crippen molar-refractivity contribution in [2.45, 2.75) is 51.6 Å². The average molecular weight is 545 g/mol. The molecule has 1 N–H and O–H groups in total. The molecule has 12 heteroatoms. The highest BCUT2D eigenvalue weighted by atomic mass is 35.5. The lowest BCUT2D eigenvalue weighted by Gasteiger charge is -2.33. The number of piperidine rings is 1. The van der Waals surface area contributed by atoms with Crippen LogP contribution < -0.4 is 5.56 Å². The van der Waals surface area contributed by atoms with Crippen molar-refractivity contribution in [3.8, 4) is 11.5 Å². The summed E-state index contributed by atoms with van der Waals surface area (Å²) in [7, 11) is 0. The highest BCUT2D eigenvalue weighted by molar-refractivity contribution is 6.42. The number of hydrogen-bond donors (Lipinski definition) is 1. The van der Waals surface area contributed by atoms with Crippen LogP contribution in [-0.2, 0) is 11.2 Å². The van der Waals surface area contributed by atoms with Gasteiger partial charge in [-0.2, -0.15) is 10.1 Å². The summed E-state index contributed by atoms with van der Waals surface area (Å²) in [6.07, 6.45) is 3.04. The van der Waals surface area contributed by atoms with Crippen LogP contribution in [0.3, 0.4) is 0 Å². The second-order valence-corrected chi connectivity index (χ2v) is 10.9. The number of nitrogens with zero attached hydrogens (tertiary/aromatic N) is 5. The third kappa shape index (κ3) is 5.50. The van der Waals surface area contributed by atoms with E-state index >= 15 is 0 Å². The Labute approximate surface area is 222 Å². The van der Waals surface area contributed by atoms with Gasteiger partial charge in [0.2, 0.25) is 0 Å². The molecule has 0 spiro atoms. The maximum atomic E-state index is 12.6. The molecule has 0 aliphatic carbocycles. The van der Waals surface area contributed by atoms with Gasteiger partial charge in [-0.1, -0.05) is 34.4 Å². The molecule has 0 atom stereocenters. The number of hydrogen-bond acceptors (Lipinski definition) is 7. The second-order valence-electron chi connectivity index (χ2n) is 10.1. The number of benzene rings is 1. The van der Waals surface area contributed by atoms with Crippen LogP contribution in [0.15, 0.2) is 39.8 Å². The van der Waals surface area contributed by atoms with Crippen LogP contribution in [0.5, 0.6) is 0 Å². The minimum absolute atomic E-state index is 0.0455. The fourth-order valence-corrected chi connectivity index (χ4v) is 4.73. The van der Waals surface area contributed by atoms with Gasteiger partial charge in [-0.25, -0.2) is 9.31 Å². The van der Waals surface area contributed by atoms with E-state index in [4.69, 9.17) is 32.5 Å². The second kappa shape index (κ2) is 9.83. The van der Waals surface area contributed by atoms with E-state index in [-0.39, 0.29) is 23.5 Å². The third-order valence-electron chi connectivity index (χ3n) is 6.14. The van der Waals surface area contributed by atoms with Crippen LogP contribution in [0.4, 0.5) is 4.79 Å². The summed E-state index contributed by atoms with van der Waals surface area (Å²) in [4.78, 5) is 34.1. The minimum Gasteiger partial charge on any atom is -0.444 e. The maximum Gasteiger partial charge on any atom is 0.410 e. The first-order chi connectivity index (χ1) is 17.6. The molecule has 1 amide bonds. The molecule has 37 heavy (non-hydrogen) atoms. The number of carbonyl (C=O) groups excluding carboxylic acids is 1. The normalized spacial score (nSPS) is 14.9. The van der Waals surface area contributed by atoms with Crippen LogP contribution in [-0.4, -0.2) is 54.4 Å². The fourth-order valence-electron chi connectivity index (χ4n) is 4.41. The van der Waals surface area contributed by atoms with Crippen molar-refractivity contribution in [1.29, 1.82) is 0 Å². The van der Waals surface area contributed by atoms with E-state index in [1.807, 2.05) is 26.8 Å². The van der Waals surface area contributed by atoms with Crippen LogP contribution in [0, 0.1) is 0 Å². The zero-order chi connectivity index (χ0) is 26.3. The first-order valence-corrected chi connectivity index (χ1v) is 12.7. The van der Waals surface area contributed by atoms with Crippen LogP contribution in [0.25, 0.3) is 17.1 Å². The van der Waals surface area contributed by atoms with Gasteiger partial charge >= 0.3 is 6.09 Å². The van der Waals surface area contributed by atoms with Crippen molar-refractivity contribution in [2.24, 2.45) is 0 Å². The molecule has 194 valence electrons. The van der Waals surface area contributed by atoms with Crippen LogP contribution in [0.2, 0.25) is 10.0 Å². The molecule has 1 aliphatic heterocycles. The highest BCUT2D eigenvalue weighted by Crippen LogP contribution is 2.30. The standard InChI is InChI=1S/C25H26Cl2N6O4/c1-25(2,3)36-24(35)32-8-6-15(7-9-32)19-12-21(34)30-22-16(13-28-33(19)22)23-29-20(31-37-23)11-14-4-5-17(26)18(27)10-14/h4-5,10,12-13,15H,6-9,11H2,1-3H3,(H,30,34). The molecule has 1 aromatic carbocycles. The summed E-state index contributed by atoms with van der Waals surface area (Å²) in [5.41, 5.74) is 1.85. The molecular weight excluding hydrogens is 519 g/mol. The highest BCUT2D eigenvalue weighted by Gasteiger charge is 2.29. The van der Waals surface area contributed by atoms with Crippen molar-refractivity contribution >= 4 is 34.9 Å². The van der Waals surface area contributed by atoms with E-state index in [0.717, 1.165) is 11.3 Å². The number of likely N-dealkylation sites (tertiary alicyclic amines) is 1. The minimum atomic E-state index is -0.547. The quantitative estimate of drug-likeness (QED) is 0.380. The van der Waals surface area contributed by atoms with Gasteiger partial charge in [-0.15, -0.1) is 0 Å². The molecule has 1 saturated heterocycles. The Morgan fingerprint density at radius 3 is 2.65 bits per heavy atom. The monoisotopic (exact) mass is 544 g/mol. The smallest absolute Gasteiger partial charge is 0.410 e. The summed E-state index contributed by atoms with van der Waals surface area (Å²) in [6.45, 7) is 6.60. The fraction of sp³-hybridized carbons (Fsp3) is 0.400. The van der Waals surface area contributed by atoms with E-state index in [1.54, 1.807) is 33.8 Å². The van der Waals surface area contributed by atoms with Gasteiger partial charge in [0.25, 0.3) is 11.4 Å². The van der Waals surface area contributed by atoms with Crippen molar-refractivity contribution in [3.63, 3.8) is 0 Å². The number of fused-ring (bicyclic) bond motifs is 1. The maximum absolute atomic E-state index is 12.6. The van der Waals surface area contributed by atoms with Gasteiger partial charge in [0.1, 0.15) is 16.8 Å². The Morgan fingerprint density at radius 2 is 1.95 bits per heavy atom. The molecule has 1 aliphatic rings. The number of aromatic nitrogens is 5. The Morgan fingerprint density at radius 1 is 1.19 bits per heavy atom. The zero-order valence-electron chi connectivity index (χ0n) is 20.6. The first kappa shape index (κ1) is 25.3. The summed E-state index contributed by atoms with van der Waals surface area (Å²) < 4.78 is 12.7. The summed E-state index contributed by atoms with van der Waals surface area (Å²) in [5.74, 6) is 0.752. The summed E-state index contributed by atoms with van der Waals surface area (Å²) in [5, 5.41) is 9.50. The number of amides is 1. The Balaban J connectivity index is 1.36. The number of nitrogens with one attached hydrogen (secondary N) is 1. The number of rotatable bonds is 4. The van der Waals surface area contributed by atoms with Crippen molar-refractivity contribution in [3.05, 3.63) is 67.9 Å². The molecular formula is C25H26Cl2N6O4. The van der Waals surface area contributed by atoms with Gasteiger partial charge in [-0.05, 0) is 51.3 Å². The van der Waals surface area contributed by atoms with Crippen molar-refractivity contribution in [2.75, 3.05) is 13.1 Å². The number of carbonyl (C=O) groups is 1. The molecule has 4 aromatic rings. The number of halogens is 2. The lowest BCUT2D eigenvalue weighted by atomic mass is 9.93. The van der Waals surface area contributed by atoms with E-state index in [2.05, 4.69) is 20.2 Å². The molecule has 1 fully saturated rings. The molecule has 10 nitrogen and oxygen atoms in total. The van der Waals surface area contributed by atoms with Crippen LogP contribution in [0.1, 0.15) is 56.6 Å². The molecule has 0 bridgehead atoms. The topological polar surface area (TPSA) is 119 Å². The van der Waals surface area contributed by atoms with E-state index < -0.39 is 5.60 Å². The number of H-pyrrole nitrogens is 1. The van der Waals surface area contributed by atoms with Crippen molar-refractivity contribution < 1.29 is 14.1 Å². The predicted molar refractivity (Wildman–Crippen MR) is 138 cm³/mol. The van der Waals surface area contributed by atoms with Gasteiger partial charge in [0.05, 0.1) is 21.9 Å². The van der Waals surface area contributed by atoms with Gasteiger partial charge in [0.15, 0.2) is 5.82 Å². The van der Waals surface area contributed by atoms with Gasteiger partial charge < -0.3 is 19.1 Å². The lowest BCUT2D eigenvalue weighted by Crippen LogP contribution is -2.41. The van der Waals surface area contributed by atoms with E-state index in [0.29, 0.717) is 59.4 Å². The molecule has 0 saturated carbocycles. The van der Waals surface area contributed by atoms with E-state index in [1.165, 1.54) is 0 Å². The van der Waals surface area contributed by atoms with Gasteiger partial charge in [-0.3, -0.25) is 4.79 Å². The third-order valence-corrected chi connectivity index (χ3v) is 6.88. The SMILES string of the molecule is CC(C)(C)OC(=O)N1CCC(c2cc(=O)[nH]c3c(-c4nc(Cc5ccc(Cl)c(Cl)c5)no4)cnn23)CC1. The number of aromatic amines is 1. The summed E-state index contributed by atoms with van der Waals surface area (Å²) >= 11 is 12.1. The molecule has 4 heterocycles. The van der Waals surface area contributed by atoms with Crippen LogP contribution >= 0.6 is 23.2 Å². The van der Waals surface area contributed by atoms with Gasteiger partial charge in [0, 0.05) is 31.5 Å². The molecule has 5 rings (SSSR count).